The van der Waals surface area contributed by atoms with Crippen molar-refractivity contribution in [1.82, 2.24) is 20.2 Å². The number of likely N-dealkylation sites (tertiary alicyclic amines) is 1. The highest BCUT2D eigenvalue weighted by Gasteiger charge is 2.28. The molecule has 0 N–H and O–H groups in total. The number of hydrogen-bond acceptors (Lipinski definition) is 6. The Balaban J connectivity index is 1.59. The summed E-state index contributed by atoms with van der Waals surface area (Å²) in [6, 6.07) is 0. The Hall–Kier alpha value is -1.89. The number of nitrogens with zero attached hydrogens (tertiary/aromatic N) is 4. The monoisotopic (exact) mass is 338 g/mol. The predicted molar refractivity (Wildman–Crippen MR) is 82.2 cm³/mol. The Labute approximate surface area is 139 Å². The molecule has 0 aromatic carbocycles. The second-order valence-electron chi connectivity index (χ2n) is 5.88. The molecular weight excluding hydrogens is 320 g/mol. The van der Waals surface area contributed by atoms with Gasteiger partial charge in [0.25, 0.3) is 0 Å². The van der Waals surface area contributed by atoms with Gasteiger partial charge in [0.05, 0.1) is 11.6 Å². The van der Waals surface area contributed by atoms with Gasteiger partial charge in [0.2, 0.25) is 17.0 Å². The van der Waals surface area contributed by atoms with E-state index >= 15 is 0 Å². The molecule has 7 nitrogen and oxygen atoms in total. The van der Waals surface area contributed by atoms with Crippen molar-refractivity contribution < 1.29 is 13.8 Å². The van der Waals surface area contributed by atoms with Crippen LogP contribution >= 0.6 is 11.6 Å². The second-order valence-corrected chi connectivity index (χ2v) is 6.22. The third-order valence-electron chi connectivity index (χ3n) is 4.19. The Morgan fingerprint density at radius 3 is 2.83 bits per heavy atom. The van der Waals surface area contributed by atoms with Crippen LogP contribution in [-0.4, -0.2) is 39.2 Å². The number of carbonyl (C=O) groups is 1. The lowest BCUT2D eigenvalue weighted by Crippen LogP contribution is -2.39. The van der Waals surface area contributed by atoms with Crippen LogP contribution in [0.3, 0.4) is 0 Å². The maximum Gasteiger partial charge on any atom is 0.231 e. The Morgan fingerprint density at radius 2 is 2.17 bits per heavy atom. The van der Waals surface area contributed by atoms with Gasteiger partial charge in [0.1, 0.15) is 0 Å². The molecule has 2 aromatic rings. The van der Waals surface area contributed by atoms with Crippen molar-refractivity contribution in [1.29, 1.82) is 0 Å². The fourth-order valence-electron chi connectivity index (χ4n) is 2.91. The number of aryl methyl sites for hydroxylation is 2. The molecule has 1 fully saturated rings. The molecule has 1 unspecified atom stereocenters. The standard InChI is InChI=1S/C15H19ClN4O3/c1-9-12(14(16)22-18-9)5-6-13(21)20-7-3-4-11(8-20)15-17-10(2)19-23-15/h11H,3-8H2,1-2H3. The van der Waals surface area contributed by atoms with E-state index in [0.717, 1.165) is 30.6 Å². The van der Waals surface area contributed by atoms with E-state index in [0.29, 0.717) is 31.1 Å². The Bertz CT molecular complexity index is 677. The number of amides is 1. The quantitative estimate of drug-likeness (QED) is 0.852. The summed E-state index contributed by atoms with van der Waals surface area (Å²) in [4.78, 5) is 18.6. The molecule has 1 atom stereocenters. The topological polar surface area (TPSA) is 85.3 Å². The molecule has 1 aliphatic heterocycles. The highest BCUT2D eigenvalue weighted by molar-refractivity contribution is 6.29. The van der Waals surface area contributed by atoms with Crippen molar-refractivity contribution in [3.63, 3.8) is 0 Å². The molecule has 23 heavy (non-hydrogen) atoms. The number of piperidine rings is 1. The number of halogens is 1. The summed E-state index contributed by atoms with van der Waals surface area (Å²) in [5.74, 6) is 1.47. The van der Waals surface area contributed by atoms with E-state index in [1.807, 2.05) is 11.8 Å². The molecule has 0 aliphatic carbocycles. The van der Waals surface area contributed by atoms with Gasteiger partial charge in [-0.05, 0) is 44.7 Å². The van der Waals surface area contributed by atoms with E-state index < -0.39 is 0 Å². The predicted octanol–water partition coefficient (Wildman–Crippen LogP) is 2.67. The van der Waals surface area contributed by atoms with E-state index in [-0.39, 0.29) is 17.0 Å². The van der Waals surface area contributed by atoms with Gasteiger partial charge < -0.3 is 13.9 Å². The third-order valence-corrected chi connectivity index (χ3v) is 4.49. The average molecular weight is 339 g/mol. The fourth-order valence-corrected chi connectivity index (χ4v) is 3.18. The molecule has 0 bridgehead atoms. The average Bonchev–Trinajstić information content (AvgIpc) is 3.12. The van der Waals surface area contributed by atoms with E-state index in [9.17, 15) is 4.79 Å². The number of carbonyl (C=O) groups excluding carboxylic acids is 1. The Morgan fingerprint density at radius 1 is 1.35 bits per heavy atom. The maximum atomic E-state index is 12.5. The lowest BCUT2D eigenvalue weighted by molar-refractivity contribution is -0.132. The van der Waals surface area contributed by atoms with Crippen LogP contribution in [0.25, 0.3) is 0 Å². The zero-order valence-corrected chi connectivity index (χ0v) is 14.0. The molecule has 1 amide bonds. The molecule has 1 saturated heterocycles. The van der Waals surface area contributed by atoms with Crippen molar-refractivity contribution in [2.75, 3.05) is 13.1 Å². The van der Waals surface area contributed by atoms with Crippen LogP contribution in [0.15, 0.2) is 9.05 Å². The van der Waals surface area contributed by atoms with Crippen LogP contribution in [0.1, 0.15) is 48.2 Å². The van der Waals surface area contributed by atoms with Gasteiger partial charge in [-0.3, -0.25) is 4.79 Å². The van der Waals surface area contributed by atoms with Crippen LogP contribution in [0.5, 0.6) is 0 Å². The van der Waals surface area contributed by atoms with Crippen LogP contribution in [0, 0.1) is 13.8 Å². The first-order valence-electron chi connectivity index (χ1n) is 7.73. The lowest BCUT2D eigenvalue weighted by atomic mass is 9.97. The van der Waals surface area contributed by atoms with Crippen LogP contribution in [-0.2, 0) is 11.2 Å². The minimum atomic E-state index is 0.0996. The van der Waals surface area contributed by atoms with Gasteiger partial charge in [0.15, 0.2) is 5.82 Å². The Kier molecular flexibility index (Phi) is 4.66. The smallest absolute Gasteiger partial charge is 0.231 e. The molecule has 0 spiro atoms. The molecule has 3 rings (SSSR count). The van der Waals surface area contributed by atoms with Crippen molar-refractivity contribution in [3.8, 4) is 0 Å². The molecule has 0 saturated carbocycles. The van der Waals surface area contributed by atoms with Gasteiger partial charge in [-0.2, -0.15) is 4.98 Å². The van der Waals surface area contributed by atoms with E-state index in [1.165, 1.54) is 0 Å². The van der Waals surface area contributed by atoms with Gasteiger partial charge >= 0.3 is 0 Å². The summed E-state index contributed by atoms with van der Waals surface area (Å²) in [5.41, 5.74) is 1.54. The molecule has 124 valence electrons. The van der Waals surface area contributed by atoms with Crippen molar-refractivity contribution >= 4 is 17.5 Å². The van der Waals surface area contributed by atoms with E-state index in [4.69, 9.17) is 20.6 Å². The molecule has 1 aliphatic rings. The first kappa shape index (κ1) is 16.0. The van der Waals surface area contributed by atoms with E-state index in [1.54, 1.807) is 6.92 Å². The zero-order chi connectivity index (χ0) is 16.4. The molecule has 0 radical (unpaired) electrons. The SMILES string of the molecule is Cc1noc(C2CCCN(C(=O)CCc3c(C)noc3Cl)C2)n1. The summed E-state index contributed by atoms with van der Waals surface area (Å²) in [6.07, 6.45) is 2.82. The van der Waals surface area contributed by atoms with Crippen LogP contribution < -0.4 is 0 Å². The van der Waals surface area contributed by atoms with Crippen molar-refractivity contribution in [2.45, 2.75) is 45.4 Å². The minimum Gasteiger partial charge on any atom is -0.344 e. The van der Waals surface area contributed by atoms with Crippen LogP contribution in [0.4, 0.5) is 0 Å². The van der Waals surface area contributed by atoms with Crippen molar-refractivity contribution in [3.05, 3.63) is 28.2 Å². The number of rotatable bonds is 4. The zero-order valence-electron chi connectivity index (χ0n) is 13.2. The first-order valence-corrected chi connectivity index (χ1v) is 8.11. The van der Waals surface area contributed by atoms with Gasteiger partial charge in [0, 0.05) is 25.1 Å². The van der Waals surface area contributed by atoms with Gasteiger partial charge in [-0.15, -0.1) is 0 Å². The summed E-state index contributed by atoms with van der Waals surface area (Å²) in [6.45, 7) is 5.00. The summed E-state index contributed by atoms with van der Waals surface area (Å²) >= 11 is 5.94. The lowest BCUT2D eigenvalue weighted by Gasteiger charge is -2.31. The van der Waals surface area contributed by atoms with E-state index in [2.05, 4.69) is 15.3 Å². The molecule has 8 heteroatoms. The van der Waals surface area contributed by atoms with Crippen LogP contribution in [0.2, 0.25) is 5.22 Å². The third kappa shape index (κ3) is 3.55. The molecule has 3 heterocycles. The number of hydrogen-bond donors (Lipinski definition) is 0. The highest BCUT2D eigenvalue weighted by atomic mass is 35.5. The largest absolute Gasteiger partial charge is 0.344 e. The fraction of sp³-hybridized carbons (Fsp3) is 0.600. The maximum absolute atomic E-state index is 12.5. The second kappa shape index (κ2) is 6.70. The highest BCUT2D eigenvalue weighted by Crippen LogP contribution is 2.27. The molecule has 2 aromatic heterocycles. The first-order chi connectivity index (χ1) is 11.0. The minimum absolute atomic E-state index is 0.0996. The normalized spacial score (nSPS) is 18.4. The summed E-state index contributed by atoms with van der Waals surface area (Å²) in [7, 11) is 0. The van der Waals surface area contributed by atoms with Crippen molar-refractivity contribution in [2.24, 2.45) is 0 Å². The van der Waals surface area contributed by atoms with Gasteiger partial charge in [-0.25, -0.2) is 0 Å². The van der Waals surface area contributed by atoms with Gasteiger partial charge in [-0.1, -0.05) is 10.3 Å². The summed E-state index contributed by atoms with van der Waals surface area (Å²) < 4.78 is 10.2. The summed E-state index contributed by atoms with van der Waals surface area (Å²) in [5, 5.41) is 7.90. The number of aromatic nitrogens is 3. The molecular formula is C15H19ClN4O3.